The Kier molecular flexibility index (Phi) is 10.2. The molecular weight excluding hydrogens is 489 g/mol. The van der Waals surface area contributed by atoms with Gasteiger partial charge in [0.15, 0.2) is 15.8 Å². The van der Waals surface area contributed by atoms with Crippen LogP contribution in [0.25, 0.3) is 0 Å². The third kappa shape index (κ3) is 7.49. The maximum atomic E-state index is 11.7. The van der Waals surface area contributed by atoms with E-state index in [9.17, 15) is 8.42 Å². The maximum absolute atomic E-state index is 11.7. The van der Waals surface area contributed by atoms with Crippen LogP contribution in [0.5, 0.6) is 0 Å². The van der Waals surface area contributed by atoms with Crippen molar-refractivity contribution in [2.75, 3.05) is 53.1 Å². The molecule has 0 spiro atoms. The molecule has 1 atom stereocenters. The van der Waals surface area contributed by atoms with Gasteiger partial charge in [-0.15, -0.1) is 24.0 Å². The van der Waals surface area contributed by atoms with Crippen molar-refractivity contribution < 1.29 is 8.42 Å². The number of aryl methyl sites for hydroxylation is 1. The molecular formula is C19H34IN5O2S. The van der Waals surface area contributed by atoms with Crippen LogP contribution in [0.4, 0.5) is 0 Å². The summed E-state index contributed by atoms with van der Waals surface area (Å²) in [4.78, 5) is 9.52. The van der Waals surface area contributed by atoms with E-state index < -0.39 is 9.84 Å². The summed E-state index contributed by atoms with van der Waals surface area (Å²) in [6.45, 7) is 9.89. The van der Waals surface area contributed by atoms with Gasteiger partial charge in [0, 0.05) is 58.6 Å². The fourth-order valence-corrected chi connectivity index (χ4v) is 4.24. The number of halogens is 1. The van der Waals surface area contributed by atoms with E-state index in [4.69, 9.17) is 0 Å². The molecule has 1 aromatic rings. The second kappa shape index (κ2) is 11.3. The van der Waals surface area contributed by atoms with Crippen molar-refractivity contribution in [3.05, 3.63) is 29.3 Å². The molecule has 1 aliphatic heterocycles. The van der Waals surface area contributed by atoms with Gasteiger partial charge in [-0.1, -0.05) is 12.1 Å². The highest BCUT2D eigenvalue weighted by molar-refractivity contribution is 14.0. The Morgan fingerprint density at radius 2 is 1.86 bits per heavy atom. The van der Waals surface area contributed by atoms with E-state index in [1.54, 1.807) is 13.1 Å². The highest BCUT2D eigenvalue weighted by atomic mass is 127. The van der Waals surface area contributed by atoms with Crippen molar-refractivity contribution in [3.8, 4) is 0 Å². The Balaban J connectivity index is 0.00000392. The quantitative estimate of drug-likeness (QED) is 0.333. The van der Waals surface area contributed by atoms with E-state index >= 15 is 0 Å². The van der Waals surface area contributed by atoms with Crippen LogP contribution in [0.2, 0.25) is 0 Å². The van der Waals surface area contributed by atoms with Gasteiger partial charge < -0.3 is 15.5 Å². The molecule has 0 amide bonds. The van der Waals surface area contributed by atoms with Gasteiger partial charge in [-0.25, -0.2) is 8.42 Å². The monoisotopic (exact) mass is 523 g/mol. The summed E-state index contributed by atoms with van der Waals surface area (Å²) in [5.41, 5.74) is 1.79. The number of rotatable bonds is 6. The summed E-state index contributed by atoms with van der Waals surface area (Å²) in [5.74, 6) is 0.751. The van der Waals surface area contributed by atoms with E-state index in [1.165, 1.54) is 6.26 Å². The van der Waals surface area contributed by atoms with Crippen LogP contribution in [-0.4, -0.2) is 83.3 Å². The largest absolute Gasteiger partial charge is 0.355 e. The molecule has 1 unspecified atom stereocenters. The van der Waals surface area contributed by atoms with E-state index in [0.29, 0.717) is 17.5 Å². The van der Waals surface area contributed by atoms with Crippen LogP contribution in [0.3, 0.4) is 0 Å². The summed E-state index contributed by atoms with van der Waals surface area (Å²) in [6.07, 6.45) is 1.24. The summed E-state index contributed by atoms with van der Waals surface area (Å²) in [7, 11) is 0.738. The normalized spacial score (nSPS) is 17.7. The topological polar surface area (TPSA) is 77.0 Å². The summed E-state index contributed by atoms with van der Waals surface area (Å²) in [6, 6.07) is 5.86. The zero-order chi connectivity index (χ0) is 20.0. The third-order valence-corrected chi connectivity index (χ3v) is 6.31. The number of hydrogen-bond donors (Lipinski definition) is 2. The van der Waals surface area contributed by atoms with Gasteiger partial charge in [-0.05, 0) is 38.1 Å². The average Bonchev–Trinajstić information content (AvgIpc) is 2.61. The molecule has 0 aliphatic carbocycles. The minimum Gasteiger partial charge on any atom is -0.355 e. The second-order valence-electron chi connectivity index (χ2n) is 7.37. The number of sulfone groups is 1. The minimum atomic E-state index is -3.18. The highest BCUT2D eigenvalue weighted by Gasteiger charge is 2.19. The number of benzene rings is 1. The Bertz CT molecular complexity index is 762. The first kappa shape index (κ1) is 25.1. The molecule has 1 fully saturated rings. The lowest BCUT2D eigenvalue weighted by Gasteiger charge is -2.36. The number of guanidine groups is 1. The second-order valence-corrected chi connectivity index (χ2v) is 9.35. The average molecular weight is 523 g/mol. The van der Waals surface area contributed by atoms with Crippen LogP contribution in [0, 0.1) is 6.92 Å². The zero-order valence-corrected chi connectivity index (χ0v) is 20.7. The van der Waals surface area contributed by atoms with Crippen molar-refractivity contribution in [2.24, 2.45) is 4.99 Å². The Morgan fingerprint density at radius 3 is 2.39 bits per heavy atom. The predicted molar refractivity (Wildman–Crippen MR) is 126 cm³/mol. The fraction of sp³-hybridized carbons (Fsp3) is 0.632. The van der Waals surface area contributed by atoms with Crippen LogP contribution in [0.1, 0.15) is 18.1 Å². The molecule has 0 bridgehead atoms. The number of likely N-dealkylation sites (N-methyl/N-ethyl adjacent to an activating group) is 1. The smallest absolute Gasteiger partial charge is 0.191 e. The van der Waals surface area contributed by atoms with Crippen molar-refractivity contribution in [2.45, 2.75) is 31.3 Å². The molecule has 2 rings (SSSR count). The molecule has 28 heavy (non-hydrogen) atoms. The summed E-state index contributed by atoms with van der Waals surface area (Å²) < 4.78 is 23.4. The van der Waals surface area contributed by atoms with Crippen molar-refractivity contribution >= 4 is 39.8 Å². The Labute approximate surface area is 186 Å². The number of nitrogens with zero attached hydrogens (tertiary/aromatic N) is 3. The predicted octanol–water partition coefficient (Wildman–Crippen LogP) is 1.32. The van der Waals surface area contributed by atoms with E-state index in [-0.39, 0.29) is 24.0 Å². The summed E-state index contributed by atoms with van der Waals surface area (Å²) >= 11 is 0. The third-order valence-electron chi connectivity index (χ3n) is 5.05. The first-order valence-electron chi connectivity index (χ1n) is 9.37. The first-order chi connectivity index (χ1) is 12.7. The lowest BCUT2D eigenvalue weighted by atomic mass is 10.1. The van der Waals surface area contributed by atoms with Crippen molar-refractivity contribution in [1.82, 2.24) is 20.4 Å². The molecule has 1 aromatic carbocycles. The van der Waals surface area contributed by atoms with Crippen LogP contribution >= 0.6 is 24.0 Å². The van der Waals surface area contributed by atoms with Gasteiger partial charge in [0.05, 0.1) is 4.90 Å². The lowest BCUT2D eigenvalue weighted by Crippen LogP contribution is -2.52. The van der Waals surface area contributed by atoms with Gasteiger partial charge in [-0.3, -0.25) is 9.89 Å². The number of hydrogen-bond acceptors (Lipinski definition) is 5. The van der Waals surface area contributed by atoms with Crippen LogP contribution < -0.4 is 10.6 Å². The van der Waals surface area contributed by atoms with Gasteiger partial charge in [-0.2, -0.15) is 0 Å². The molecule has 0 aromatic heterocycles. The molecule has 160 valence electrons. The molecule has 1 saturated heterocycles. The zero-order valence-electron chi connectivity index (χ0n) is 17.5. The van der Waals surface area contributed by atoms with Gasteiger partial charge in [0.1, 0.15) is 0 Å². The lowest BCUT2D eigenvalue weighted by molar-refractivity contribution is 0.120. The SMILES string of the molecule is CN=C(NCc1ccc(S(C)(=O)=O)c(C)c1)NCC(C)N1CCN(C)CC1.I. The molecule has 1 heterocycles. The van der Waals surface area contributed by atoms with Crippen molar-refractivity contribution in [3.63, 3.8) is 0 Å². The minimum absolute atomic E-state index is 0. The van der Waals surface area contributed by atoms with E-state index in [0.717, 1.165) is 49.8 Å². The highest BCUT2D eigenvalue weighted by Crippen LogP contribution is 2.16. The van der Waals surface area contributed by atoms with Gasteiger partial charge >= 0.3 is 0 Å². The summed E-state index contributed by atoms with van der Waals surface area (Å²) in [5, 5.41) is 6.69. The number of aliphatic imine (C=N–C) groups is 1. The Morgan fingerprint density at radius 1 is 1.21 bits per heavy atom. The fourth-order valence-electron chi connectivity index (χ4n) is 3.28. The number of piperazine rings is 1. The van der Waals surface area contributed by atoms with E-state index in [2.05, 4.69) is 39.4 Å². The maximum Gasteiger partial charge on any atom is 0.191 e. The molecule has 9 heteroatoms. The van der Waals surface area contributed by atoms with Crippen molar-refractivity contribution in [1.29, 1.82) is 0 Å². The molecule has 7 nitrogen and oxygen atoms in total. The molecule has 2 N–H and O–H groups in total. The Hall–Kier alpha value is -0.910. The molecule has 1 aliphatic rings. The molecule has 0 radical (unpaired) electrons. The standard InChI is InChI=1S/C19H33N5O2S.HI/c1-15-12-17(6-7-18(15)27(5,25)26)14-22-19(20-3)21-13-16(2)24-10-8-23(4)9-11-24;/h6-7,12,16H,8-11,13-14H2,1-5H3,(H2,20,21,22);1H. The number of nitrogens with one attached hydrogen (secondary N) is 2. The van der Waals surface area contributed by atoms with Crippen LogP contribution in [0.15, 0.2) is 28.1 Å². The van der Waals surface area contributed by atoms with Crippen LogP contribution in [-0.2, 0) is 16.4 Å². The van der Waals surface area contributed by atoms with Gasteiger partial charge in [0.2, 0.25) is 0 Å². The molecule has 0 saturated carbocycles. The van der Waals surface area contributed by atoms with E-state index in [1.807, 2.05) is 19.1 Å². The first-order valence-corrected chi connectivity index (χ1v) is 11.3. The van der Waals surface area contributed by atoms with Gasteiger partial charge in [0.25, 0.3) is 0 Å².